The Kier molecular flexibility index (Phi) is 7.95. The van der Waals surface area contributed by atoms with Gasteiger partial charge in [-0.05, 0) is 18.7 Å². The molecule has 0 saturated carbocycles. The number of nitrogens with one attached hydrogen (secondary N) is 1. The number of aromatic nitrogens is 8. The Hall–Kier alpha value is -2.78. The zero-order valence-corrected chi connectivity index (χ0v) is 25.3. The fourth-order valence-corrected chi connectivity index (χ4v) is 8.27. The number of fused-ring (bicyclic) bond motifs is 2. The summed E-state index contributed by atoms with van der Waals surface area (Å²) >= 11 is 6.49. The molecule has 0 aliphatic carbocycles. The molecule has 2 fully saturated rings. The van der Waals surface area contributed by atoms with E-state index in [0.29, 0.717) is 17.6 Å². The van der Waals surface area contributed by atoms with Gasteiger partial charge in [0.1, 0.15) is 29.4 Å². The van der Waals surface area contributed by atoms with Crippen molar-refractivity contribution in [1.82, 2.24) is 39.0 Å². The number of aliphatic hydroxyl groups is 2. The first-order chi connectivity index (χ1) is 20.4. The van der Waals surface area contributed by atoms with Gasteiger partial charge in [0.05, 0.1) is 42.8 Å². The van der Waals surface area contributed by atoms with Crippen molar-refractivity contribution in [1.29, 1.82) is 0 Å². The van der Waals surface area contributed by atoms with Crippen LogP contribution in [-0.4, -0.2) is 104 Å². The molecule has 43 heavy (non-hydrogen) atoms. The summed E-state index contributed by atoms with van der Waals surface area (Å²) in [6, 6.07) is 0. The molecule has 2 saturated heterocycles. The fraction of sp³-hybridized carbons (Fsp3) is 0.545. The van der Waals surface area contributed by atoms with Crippen molar-refractivity contribution in [2.75, 3.05) is 31.8 Å². The molecule has 21 heteroatoms. The van der Waals surface area contributed by atoms with Crippen LogP contribution in [0.15, 0.2) is 23.8 Å². The maximum Gasteiger partial charge on any atom is 0.325 e. The van der Waals surface area contributed by atoms with Crippen LogP contribution in [0.4, 0.5) is 11.8 Å². The topological polar surface area (TPSA) is 257 Å². The van der Waals surface area contributed by atoms with Crippen LogP contribution in [-0.2, 0) is 30.3 Å². The van der Waals surface area contributed by atoms with E-state index < -0.39 is 59.6 Å². The van der Waals surface area contributed by atoms with Crippen LogP contribution in [0.5, 0.6) is 0 Å². The Morgan fingerprint density at radius 3 is 2.72 bits per heavy atom. The molecule has 2 aliphatic rings. The van der Waals surface area contributed by atoms with E-state index in [0.717, 1.165) is 11.8 Å². The number of methoxy groups -OCH3 is 1. The minimum atomic E-state index is -4.03. The van der Waals surface area contributed by atoms with Crippen molar-refractivity contribution in [2.45, 2.75) is 54.1 Å². The number of nitrogens with zero attached hydrogens (tertiary/aromatic N) is 7. The lowest BCUT2D eigenvalue weighted by Gasteiger charge is -2.30. The van der Waals surface area contributed by atoms with Gasteiger partial charge in [-0.25, -0.2) is 19.9 Å². The first-order valence-electron chi connectivity index (χ1n) is 12.9. The number of ether oxygens (including phenoxy) is 2. The molecule has 232 valence electrons. The molecule has 0 amide bonds. The number of anilines is 2. The molecule has 0 spiro atoms. The van der Waals surface area contributed by atoms with E-state index in [1.165, 1.54) is 23.5 Å². The molecule has 6 heterocycles. The smallest absolute Gasteiger partial charge is 0.325 e. The molecule has 4 aromatic heterocycles. The Labute approximate surface area is 252 Å². The van der Waals surface area contributed by atoms with Gasteiger partial charge in [-0.15, -0.1) is 11.8 Å². The number of nitrogen functional groups attached to an aromatic ring is 2. The molecule has 2 aliphatic heterocycles. The number of hydrogen-bond acceptors (Lipinski definition) is 16. The van der Waals surface area contributed by atoms with Crippen LogP contribution >= 0.6 is 18.5 Å². The lowest BCUT2D eigenvalue weighted by atomic mass is 10.0. The molecule has 0 radical (unpaired) electrons. The van der Waals surface area contributed by atoms with Gasteiger partial charge >= 0.3 is 6.72 Å². The van der Waals surface area contributed by atoms with Gasteiger partial charge < -0.3 is 40.6 Å². The van der Waals surface area contributed by atoms with Gasteiger partial charge in [0.15, 0.2) is 28.9 Å². The van der Waals surface area contributed by atoms with Crippen molar-refractivity contribution in [2.24, 2.45) is 0 Å². The summed E-state index contributed by atoms with van der Waals surface area (Å²) in [7, 11) is 1.54. The van der Waals surface area contributed by atoms with Crippen molar-refractivity contribution < 1.29 is 33.6 Å². The molecular formula is C22H29N10O8PS2. The van der Waals surface area contributed by atoms with Crippen molar-refractivity contribution >= 4 is 64.4 Å². The SMILES string of the molecule is CO[C@@H]1C[C@@](C)(COP(O)(=S)O[C@@H]2[C@H](O)[C@@H](CO)S[C@H]2n2cnc3c(=O)[nH]c(N)nc32)O[C@H]1n1cnc2c(N)ncnc21. The minimum Gasteiger partial charge on any atom is -0.395 e. The summed E-state index contributed by atoms with van der Waals surface area (Å²) < 4.78 is 26.8. The summed E-state index contributed by atoms with van der Waals surface area (Å²) in [6.45, 7) is -2.84. The van der Waals surface area contributed by atoms with Crippen LogP contribution in [0.3, 0.4) is 0 Å². The second-order valence-electron chi connectivity index (χ2n) is 10.3. The maximum absolute atomic E-state index is 12.3. The Bertz CT molecular complexity index is 1770. The summed E-state index contributed by atoms with van der Waals surface area (Å²) in [6.07, 6.45) is 1.01. The molecule has 4 aromatic rings. The first-order valence-corrected chi connectivity index (χ1v) is 16.4. The Morgan fingerprint density at radius 2 is 1.98 bits per heavy atom. The number of rotatable bonds is 9. The van der Waals surface area contributed by atoms with Crippen molar-refractivity contribution in [3.63, 3.8) is 0 Å². The predicted octanol–water partition coefficient (Wildman–Crippen LogP) is -0.598. The molecular weight excluding hydrogens is 627 g/mol. The number of thioether (sulfide) groups is 1. The average Bonchev–Trinajstić information content (AvgIpc) is 3.72. The number of H-pyrrole nitrogens is 1. The largest absolute Gasteiger partial charge is 0.395 e. The van der Waals surface area contributed by atoms with Gasteiger partial charge in [-0.2, -0.15) is 4.98 Å². The summed E-state index contributed by atoms with van der Waals surface area (Å²) in [5, 5.41) is 19.4. The van der Waals surface area contributed by atoms with E-state index in [9.17, 15) is 19.9 Å². The standard InChI is InChI=1S/C22H29N10O8PS2/c1-22(3-9(37-2)19(39-22)31-7-27-11-15(23)25-6-26-16(11)31)5-38-41(36,42)40-14-13(34)10(4-33)43-20(14)32-8-28-12-17(32)29-21(24)30-18(12)35/h6-10,13-14,19-20,33-34H,3-5H2,1-2H3,(H,36,42)(H2,23,25,26)(H3,24,29,30,35)/t9-,10-,13-,14-,19-,20-,22+,41?/m1/s1. The monoisotopic (exact) mass is 656 g/mol. The van der Waals surface area contributed by atoms with Gasteiger partial charge in [0.25, 0.3) is 5.56 Å². The number of hydrogen-bond donors (Lipinski definition) is 6. The lowest BCUT2D eigenvalue weighted by Crippen LogP contribution is -2.35. The van der Waals surface area contributed by atoms with Gasteiger partial charge in [0, 0.05) is 13.5 Å². The van der Waals surface area contributed by atoms with Gasteiger partial charge in [-0.3, -0.25) is 23.4 Å². The third-order valence-corrected chi connectivity index (χ3v) is 10.4. The van der Waals surface area contributed by atoms with E-state index in [4.69, 9.17) is 41.8 Å². The van der Waals surface area contributed by atoms with E-state index in [1.54, 1.807) is 18.6 Å². The molecule has 0 bridgehead atoms. The van der Waals surface area contributed by atoms with E-state index in [-0.39, 0.29) is 29.5 Å². The number of aromatic amines is 1. The normalized spacial score (nSPS) is 30.8. The maximum atomic E-state index is 12.3. The van der Waals surface area contributed by atoms with Crippen LogP contribution in [0.1, 0.15) is 24.9 Å². The third kappa shape index (κ3) is 5.52. The first kappa shape index (κ1) is 30.3. The summed E-state index contributed by atoms with van der Waals surface area (Å²) in [5.74, 6) is 0.0929. The summed E-state index contributed by atoms with van der Waals surface area (Å²) in [5.41, 5.74) is 11.2. The molecule has 0 aromatic carbocycles. The molecule has 1 unspecified atom stereocenters. The molecule has 8 atom stereocenters. The summed E-state index contributed by atoms with van der Waals surface area (Å²) in [4.78, 5) is 46.6. The zero-order chi connectivity index (χ0) is 30.7. The van der Waals surface area contributed by atoms with Crippen LogP contribution in [0.25, 0.3) is 22.3 Å². The highest BCUT2D eigenvalue weighted by atomic mass is 32.5. The van der Waals surface area contributed by atoms with E-state index in [1.807, 2.05) is 0 Å². The zero-order valence-electron chi connectivity index (χ0n) is 22.7. The number of aliphatic hydroxyl groups excluding tert-OH is 2. The average molecular weight is 657 g/mol. The molecule has 6 rings (SSSR count). The quantitative estimate of drug-likeness (QED) is 0.123. The Balaban J connectivity index is 1.20. The van der Waals surface area contributed by atoms with Crippen LogP contribution in [0, 0.1) is 0 Å². The van der Waals surface area contributed by atoms with Gasteiger partial charge in [-0.1, -0.05) is 0 Å². The van der Waals surface area contributed by atoms with E-state index in [2.05, 4.69) is 29.9 Å². The van der Waals surface area contributed by atoms with Crippen molar-refractivity contribution in [3.05, 3.63) is 29.3 Å². The number of imidazole rings is 2. The Morgan fingerprint density at radius 1 is 1.23 bits per heavy atom. The van der Waals surface area contributed by atoms with E-state index >= 15 is 0 Å². The second-order valence-corrected chi connectivity index (χ2v) is 14.5. The van der Waals surface area contributed by atoms with Crippen molar-refractivity contribution in [3.8, 4) is 0 Å². The minimum absolute atomic E-state index is 0.0172. The van der Waals surface area contributed by atoms with Crippen LogP contribution in [0.2, 0.25) is 0 Å². The molecule has 8 N–H and O–H groups in total. The fourth-order valence-electron chi connectivity index (χ4n) is 5.26. The van der Waals surface area contributed by atoms with Crippen LogP contribution < -0.4 is 17.0 Å². The highest BCUT2D eigenvalue weighted by molar-refractivity contribution is 8.07. The lowest BCUT2D eigenvalue weighted by molar-refractivity contribution is -0.101. The highest BCUT2D eigenvalue weighted by Gasteiger charge is 2.50. The van der Waals surface area contributed by atoms with Gasteiger partial charge in [0.2, 0.25) is 5.95 Å². The highest BCUT2D eigenvalue weighted by Crippen LogP contribution is 2.54. The number of nitrogens with two attached hydrogens (primary N) is 2. The predicted molar refractivity (Wildman–Crippen MR) is 157 cm³/mol. The second kappa shape index (κ2) is 11.3. The third-order valence-electron chi connectivity index (χ3n) is 7.33. The molecule has 18 nitrogen and oxygen atoms in total.